The average molecular weight is 209 g/mol. The number of aromatic nitrogens is 2. The Kier molecular flexibility index (Phi) is 2.69. The van der Waals surface area contributed by atoms with E-state index in [0.717, 1.165) is 12.8 Å². The highest BCUT2D eigenvalue weighted by atomic mass is 16.5. The number of aromatic amines is 1. The van der Waals surface area contributed by atoms with Crippen LogP contribution in [0.25, 0.3) is 0 Å². The van der Waals surface area contributed by atoms with Crippen molar-refractivity contribution in [3.05, 3.63) is 11.3 Å². The van der Waals surface area contributed by atoms with Crippen LogP contribution >= 0.6 is 0 Å². The Morgan fingerprint density at radius 2 is 2.13 bits per heavy atom. The van der Waals surface area contributed by atoms with Crippen LogP contribution in [-0.2, 0) is 4.74 Å². The molecule has 0 radical (unpaired) electrons. The van der Waals surface area contributed by atoms with Gasteiger partial charge < -0.3 is 10.5 Å². The number of ether oxygens (including phenoxy) is 1. The Bertz CT molecular complexity index is 340. The van der Waals surface area contributed by atoms with E-state index in [-0.39, 0.29) is 0 Å². The number of anilines is 1. The fraction of sp³-hybridized carbons (Fsp3) is 0.727. The van der Waals surface area contributed by atoms with Crippen molar-refractivity contribution in [1.82, 2.24) is 10.2 Å². The van der Waals surface area contributed by atoms with Gasteiger partial charge in [0.1, 0.15) is 5.82 Å². The summed E-state index contributed by atoms with van der Waals surface area (Å²) in [6.07, 6.45) is 2.58. The van der Waals surface area contributed by atoms with Crippen molar-refractivity contribution in [2.75, 3.05) is 12.8 Å². The molecule has 2 rings (SSSR count). The van der Waals surface area contributed by atoms with Gasteiger partial charge >= 0.3 is 0 Å². The molecule has 0 saturated heterocycles. The largest absolute Gasteiger partial charge is 0.382 e. The van der Waals surface area contributed by atoms with Gasteiger partial charge in [-0.3, -0.25) is 5.10 Å². The van der Waals surface area contributed by atoms with Crippen molar-refractivity contribution >= 4 is 5.82 Å². The van der Waals surface area contributed by atoms with E-state index in [2.05, 4.69) is 24.0 Å². The van der Waals surface area contributed by atoms with Gasteiger partial charge in [0, 0.05) is 24.3 Å². The van der Waals surface area contributed by atoms with Gasteiger partial charge in [0.25, 0.3) is 0 Å². The number of H-pyrrole nitrogens is 1. The second-order valence-corrected chi connectivity index (χ2v) is 4.62. The number of hydrogen-bond acceptors (Lipinski definition) is 3. The molecule has 84 valence electrons. The van der Waals surface area contributed by atoms with Crippen LogP contribution in [0.2, 0.25) is 0 Å². The SMILES string of the molecule is COC1CC(c2[nH]nc(N)c2C(C)C)C1. The number of rotatable bonds is 3. The minimum atomic E-state index is 0.416. The Balaban J connectivity index is 2.16. The summed E-state index contributed by atoms with van der Waals surface area (Å²) in [6, 6.07) is 0. The Hall–Kier alpha value is -1.03. The van der Waals surface area contributed by atoms with Crippen LogP contribution in [0.5, 0.6) is 0 Å². The van der Waals surface area contributed by atoms with E-state index in [0.29, 0.717) is 23.8 Å². The number of methoxy groups -OCH3 is 1. The smallest absolute Gasteiger partial charge is 0.148 e. The molecular formula is C11H19N3O. The summed E-state index contributed by atoms with van der Waals surface area (Å²) in [6.45, 7) is 4.30. The molecule has 0 aliphatic heterocycles. The number of nitrogens with two attached hydrogens (primary N) is 1. The highest BCUT2D eigenvalue weighted by Gasteiger charge is 2.34. The number of nitrogen functional groups attached to an aromatic ring is 1. The lowest BCUT2D eigenvalue weighted by molar-refractivity contribution is 0.0245. The van der Waals surface area contributed by atoms with Gasteiger partial charge in [-0.25, -0.2) is 0 Å². The van der Waals surface area contributed by atoms with Crippen molar-refractivity contribution in [1.29, 1.82) is 0 Å². The fourth-order valence-corrected chi connectivity index (χ4v) is 2.29. The third kappa shape index (κ3) is 1.74. The van der Waals surface area contributed by atoms with E-state index in [9.17, 15) is 0 Å². The van der Waals surface area contributed by atoms with Crippen molar-refractivity contribution in [3.8, 4) is 0 Å². The molecule has 1 aliphatic carbocycles. The van der Waals surface area contributed by atoms with Crippen LogP contribution in [0.1, 0.15) is 49.8 Å². The zero-order valence-corrected chi connectivity index (χ0v) is 9.58. The molecule has 1 aromatic rings. The Labute approximate surface area is 90.2 Å². The molecule has 1 aromatic heterocycles. The van der Waals surface area contributed by atoms with E-state index in [1.165, 1.54) is 11.3 Å². The molecule has 15 heavy (non-hydrogen) atoms. The summed E-state index contributed by atoms with van der Waals surface area (Å²) in [5, 5.41) is 7.17. The third-order valence-corrected chi connectivity index (χ3v) is 3.28. The standard InChI is InChI=1S/C11H19N3O/c1-6(2)9-10(13-14-11(9)12)7-4-8(5-7)15-3/h6-8H,4-5H2,1-3H3,(H3,12,13,14). The molecular weight excluding hydrogens is 190 g/mol. The third-order valence-electron chi connectivity index (χ3n) is 3.28. The van der Waals surface area contributed by atoms with Crippen molar-refractivity contribution < 1.29 is 4.74 Å². The summed E-state index contributed by atoms with van der Waals surface area (Å²) in [7, 11) is 1.77. The number of nitrogens with zero attached hydrogens (tertiary/aromatic N) is 1. The first-order chi connectivity index (χ1) is 7.13. The minimum absolute atomic E-state index is 0.416. The van der Waals surface area contributed by atoms with E-state index < -0.39 is 0 Å². The van der Waals surface area contributed by atoms with Gasteiger partial charge in [0.05, 0.1) is 6.10 Å². The fourth-order valence-electron chi connectivity index (χ4n) is 2.29. The maximum absolute atomic E-state index is 5.85. The highest BCUT2D eigenvalue weighted by molar-refractivity contribution is 5.46. The highest BCUT2D eigenvalue weighted by Crippen LogP contribution is 2.41. The predicted octanol–water partition coefficient (Wildman–Crippen LogP) is 2.01. The zero-order valence-electron chi connectivity index (χ0n) is 9.58. The molecule has 1 heterocycles. The molecule has 4 nitrogen and oxygen atoms in total. The molecule has 3 N–H and O–H groups in total. The van der Waals surface area contributed by atoms with Crippen LogP contribution in [0.15, 0.2) is 0 Å². The molecule has 1 saturated carbocycles. The lowest BCUT2D eigenvalue weighted by atomic mass is 9.77. The van der Waals surface area contributed by atoms with Crippen LogP contribution in [0.4, 0.5) is 5.82 Å². The molecule has 0 bridgehead atoms. The summed E-state index contributed by atoms with van der Waals surface area (Å²) in [4.78, 5) is 0. The van der Waals surface area contributed by atoms with Crippen molar-refractivity contribution in [2.45, 2.75) is 44.6 Å². The van der Waals surface area contributed by atoms with E-state index in [4.69, 9.17) is 10.5 Å². The monoisotopic (exact) mass is 209 g/mol. The van der Waals surface area contributed by atoms with Crippen LogP contribution in [0.3, 0.4) is 0 Å². The van der Waals surface area contributed by atoms with E-state index in [1.807, 2.05) is 0 Å². The predicted molar refractivity (Wildman–Crippen MR) is 59.9 cm³/mol. The van der Waals surface area contributed by atoms with Gasteiger partial charge in [-0.05, 0) is 18.8 Å². The van der Waals surface area contributed by atoms with Gasteiger partial charge in [0.2, 0.25) is 0 Å². The lowest BCUT2D eigenvalue weighted by Gasteiger charge is -2.34. The van der Waals surface area contributed by atoms with Gasteiger partial charge in [0.15, 0.2) is 0 Å². The summed E-state index contributed by atoms with van der Waals surface area (Å²) < 4.78 is 5.28. The Morgan fingerprint density at radius 3 is 2.67 bits per heavy atom. The molecule has 0 aromatic carbocycles. The summed E-state index contributed by atoms with van der Waals surface area (Å²) in [5.74, 6) is 1.64. The lowest BCUT2D eigenvalue weighted by Crippen LogP contribution is -2.29. The molecule has 0 atom stereocenters. The van der Waals surface area contributed by atoms with Crippen LogP contribution in [0, 0.1) is 0 Å². The summed E-state index contributed by atoms with van der Waals surface area (Å²) in [5.41, 5.74) is 8.26. The zero-order chi connectivity index (χ0) is 11.0. The van der Waals surface area contributed by atoms with E-state index in [1.54, 1.807) is 7.11 Å². The number of nitrogens with one attached hydrogen (secondary N) is 1. The first-order valence-electron chi connectivity index (χ1n) is 5.49. The second-order valence-electron chi connectivity index (χ2n) is 4.62. The van der Waals surface area contributed by atoms with Crippen molar-refractivity contribution in [2.24, 2.45) is 0 Å². The summed E-state index contributed by atoms with van der Waals surface area (Å²) >= 11 is 0. The minimum Gasteiger partial charge on any atom is -0.382 e. The molecule has 0 unspecified atom stereocenters. The number of hydrogen-bond donors (Lipinski definition) is 2. The van der Waals surface area contributed by atoms with Crippen LogP contribution < -0.4 is 5.73 Å². The molecule has 1 fully saturated rings. The Morgan fingerprint density at radius 1 is 1.47 bits per heavy atom. The quantitative estimate of drug-likeness (QED) is 0.800. The van der Waals surface area contributed by atoms with Crippen molar-refractivity contribution in [3.63, 3.8) is 0 Å². The molecule has 0 amide bonds. The maximum Gasteiger partial charge on any atom is 0.148 e. The van der Waals surface area contributed by atoms with Crippen LogP contribution in [-0.4, -0.2) is 23.4 Å². The molecule has 1 aliphatic rings. The van der Waals surface area contributed by atoms with Gasteiger partial charge in [-0.1, -0.05) is 13.8 Å². The van der Waals surface area contributed by atoms with Gasteiger partial charge in [-0.15, -0.1) is 0 Å². The van der Waals surface area contributed by atoms with Gasteiger partial charge in [-0.2, -0.15) is 5.10 Å². The topological polar surface area (TPSA) is 63.9 Å². The van der Waals surface area contributed by atoms with E-state index >= 15 is 0 Å². The first kappa shape index (κ1) is 10.5. The average Bonchev–Trinajstić information content (AvgIpc) is 2.45. The normalized spacial score (nSPS) is 25.6. The maximum atomic E-state index is 5.85. The molecule has 4 heteroatoms. The molecule has 0 spiro atoms. The second kappa shape index (κ2) is 3.85. The first-order valence-corrected chi connectivity index (χ1v) is 5.49.